The van der Waals surface area contributed by atoms with Crippen molar-refractivity contribution in [2.45, 2.75) is 25.3 Å². The third-order valence-corrected chi connectivity index (χ3v) is 4.71. The molecule has 100 valence electrons. The summed E-state index contributed by atoms with van der Waals surface area (Å²) in [5.74, 6) is -0.765. The lowest BCUT2D eigenvalue weighted by atomic mass is 9.83. The van der Waals surface area contributed by atoms with E-state index in [1.807, 2.05) is 0 Å². The summed E-state index contributed by atoms with van der Waals surface area (Å²) in [6.07, 6.45) is 2.85. The monoisotopic (exact) mass is 279 g/mol. The first-order valence-electron chi connectivity index (χ1n) is 6.33. The minimum Gasteiger partial charge on any atom is -0.479 e. The zero-order chi connectivity index (χ0) is 13.6. The Morgan fingerprint density at radius 1 is 1.42 bits per heavy atom. The van der Waals surface area contributed by atoms with Gasteiger partial charge in [0.25, 0.3) is 0 Å². The van der Waals surface area contributed by atoms with Gasteiger partial charge in [-0.1, -0.05) is 29.8 Å². The number of aliphatic carboxylic acids is 1. The molecule has 4 nitrogen and oxygen atoms in total. The molecule has 0 heterocycles. The highest BCUT2D eigenvalue weighted by Crippen LogP contribution is 2.67. The van der Waals surface area contributed by atoms with Crippen molar-refractivity contribution in [3.05, 3.63) is 34.9 Å². The van der Waals surface area contributed by atoms with Crippen LogP contribution in [0.5, 0.6) is 0 Å². The van der Waals surface area contributed by atoms with Crippen LogP contribution in [-0.4, -0.2) is 17.0 Å². The SMILES string of the molecule is O=C(O)C(NC(=O)C12CCC1C2)c1ccccc1Cl. The van der Waals surface area contributed by atoms with Gasteiger partial charge < -0.3 is 10.4 Å². The van der Waals surface area contributed by atoms with Crippen molar-refractivity contribution in [3.63, 3.8) is 0 Å². The Balaban J connectivity index is 1.80. The molecule has 3 atom stereocenters. The number of amides is 1. The summed E-state index contributed by atoms with van der Waals surface area (Å²) < 4.78 is 0. The number of carbonyl (C=O) groups excluding carboxylic acids is 1. The molecule has 3 unspecified atom stereocenters. The lowest BCUT2D eigenvalue weighted by molar-refractivity contribution is -0.143. The highest BCUT2D eigenvalue weighted by atomic mass is 35.5. The Labute approximate surface area is 115 Å². The number of fused-ring (bicyclic) bond motifs is 1. The third-order valence-electron chi connectivity index (χ3n) is 4.36. The Morgan fingerprint density at radius 3 is 2.63 bits per heavy atom. The molecule has 19 heavy (non-hydrogen) atoms. The zero-order valence-electron chi connectivity index (χ0n) is 10.2. The molecule has 2 aliphatic rings. The number of hydrogen-bond donors (Lipinski definition) is 2. The Bertz CT molecular complexity index is 555. The summed E-state index contributed by atoms with van der Waals surface area (Å²) in [5, 5.41) is 12.3. The molecular weight excluding hydrogens is 266 g/mol. The second-order valence-corrected chi connectivity index (χ2v) is 5.77. The molecule has 1 amide bonds. The summed E-state index contributed by atoms with van der Waals surface area (Å²) >= 11 is 6.00. The van der Waals surface area contributed by atoms with Crippen molar-refractivity contribution in [2.75, 3.05) is 0 Å². The molecular formula is C14H14ClNO3. The molecule has 0 bridgehead atoms. The first-order valence-corrected chi connectivity index (χ1v) is 6.70. The van der Waals surface area contributed by atoms with Gasteiger partial charge in [0.2, 0.25) is 5.91 Å². The van der Waals surface area contributed by atoms with Gasteiger partial charge in [-0.15, -0.1) is 0 Å². The van der Waals surface area contributed by atoms with Crippen LogP contribution >= 0.6 is 11.6 Å². The first-order chi connectivity index (χ1) is 9.04. The van der Waals surface area contributed by atoms with Crippen LogP contribution in [0.3, 0.4) is 0 Å². The smallest absolute Gasteiger partial charge is 0.330 e. The Kier molecular flexibility index (Phi) is 2.78. The number of nitrogens with one attached hydrogen (secondary N) is 1. The highest BCUT2D eigenvalue weighted by Gasteiger charge is 2.66. The minimum absolute atomic E-state index is 0.143. The maximum absolute atomic E-state index is 12.2. The predicted octanol–water partition coefficient (Wildman–Crippen LogP) is 2.38. The van der Waals surface area contributed by atoms with Crippen LogP contribution in [0, 0.1) is 11.3 Å². The average Bonchev–Trinajstić information content (AvgIpc) is 2.89. The number of carboxylic acid groups (broad SMARTS) is 1. The van der Waals surface area contributed by atoms with Gasteiger partial charge in [-0.3, -0.25) is 4.79 Å². The van der Waals surface area contributed by atoms with Gasteiger partial charge in [-0.05, 0) is 31.2 Å². The molecule has 2 aliphatic carbocycles. The zero-order valence-corrected chi connectivity index (χ0v) is 11.0. The van der Waals surface area contributed by atoms with Crippen molar-refractivity contribution in [2.24, 2.45) is 11.3 Å². The predicted molar refractivity (Wildman–Crippen MR) is 69.7 cm³/mol. The van der Waals surface area contributed by atoms with Crippen molar-refractivity contribution in [1.82, 2.24) is 5.32 Å². The van der Waals surface area contributed by atoms with Gasteiger partial charge in [-0.25, -0.2) is 4.79 Å². The summed E-state index contributed by atoms with van der Waals surface area (Å²) in [5.41, 5.74) is 0.160. The molecule has 0 saturated heterocycles. The van der Waals surface area contributed by atoms with E-state index in [1.54, 1.807) is 24.3 Å². The quantitative estimate of drug-likeness (QED) is 0.889. The van der Waals surface area contributed by atoms with Crippen LogP contribution in [0.1, 0.15) is 30.9 Å². The van der Waals surface area contributed by atoms with Crippen LogP contribution < -0.4 is 5.32 Å². The molecule has 0 aliphatic heterocycles. The van der Waals surface area contributed by atoms with Gasteiger partial charge in [0, 0.05) is 10.6 Å². The van der Waals surface area contributed by atoms with Gasteiger partial charge in [0.05, 0.1) is 5.41 Å². The van der Waals surface area contributed by atoms with E-state index in [1.165, 1.54) is 0 Å². The van der Waals surface area contributed by atoms with Gasteiger partial charge in [0.1, 0.15) is 0 Å². The Morgan fingerprint density at radius 2 is 2.16 bits per heavy atom. The molecule has 0 radical (unpaired) electrons. The van der Waals surface area contributed by atoms with E-state index >= 15 is 0 Å². The lowest BCUT2D eigenvalue weighted by Crippen LogP contribution is -2.41. The van der Waals surface area contributed by atoms with Gasteiger partial charge in [0.15, 0.2) is 6.04 Å². The molecule has 5 heteroatoms. The van der Waals surface area contributed by atoms with E-state index in [4.69, 9.17) is 11.6 Å². The van der Waals surface area contributed by atoms with Crippen molar-refractivity contribution < 1.29 is 14.7 Å². The molecule has 2 saturated carbocycles. The molecule has 1 aromatic carbocycles. The van der Waals surface area contributed by atoms with E-state index in [9.17, 15) is 14.7 Å². The molecule has 2 N–H and O–H groups in total. The molecule has 3 rings (SSSR count). The van der Waals surface area contributed by atoms with E-state index in [0.717, 1.165) is 19.3 Å². The van der Waals surface area contributed by atoms with E-state index in [-0.39, 0.29) is 11.3 Å². The maximum atomic E-state index is 12.2. The topological polar surface area (TPSA) is 66.4 Å². The van der Waals surface area contributed by atoms with Crippen LogP contribution in [-0.2, 0) is 9.59 Å². The molecule has 0 aromatic heterocycles. The van der Waals surface area contributed by atoms with E-state index in [2.05, 4.69) is 5.32 Å². The van der Waals surface area contributed by atoms with Crippen LogP contribution in [0.15, 0.2) is 24.3 Å². The van der Waals surface area contributed by atoms with E-state index in [0.29, 0.717) is 16.5 Å². The molecule has 2 fully saturated rings. The second-order valence-electron chi connectivity index (χ2n) is 5.36. The summed E-state index contributed by atoms with van der Waals surface area (Å²) in [7, 11) is 0. The fourth-order valence-corrected chi connectivity index (χ4v) is 3.17. The highest BCUT2D eigenvalue weighted by molar-refractivity contribution is 6.31. The largest absolute Gasteiger partial charge is 0.479 e. The average molecular weight is 280 g/mol. The van der Waals surface area contributed by atoms with Gasteiger partial charge in [-0.2, -0.15) is 0 Å². The lowest BCUT2D eigenvalue weighted by Gasteiger charge is -2.26. The second kappa shape index (κ2) is 4.23. The standard InChI is InChI=1S/C14H14ClNO3/c15-10-4-2-1-3-9(10)11(12(17)18)16-13(19)14-6-5-8(14)7-14/h1-4,8,11H,5-7H2,(H,16,19)(H,17,18). The van der Waals surface area contributed by atoms with Crippen LogP contribution in [0.25, 0.3) is 0 Å². The normalized spacial score (nSPS) is 28.8. The summed E-state index contributed by atoms with van der Waals surface area (Å²) in [4.78, 5) is 23.5. The number of halogens is 1. The van der Waals surface area contributed by atoms with Crippen LogP contribution in [0.2, 0.25) is 5.02 Å². The summed E-state index contributed by atoms with van der Waals surface area (Å²) in [6, 6.07) is 5.63. The minimum atomic E-state index is -1.09. The van der Waals surface area contributed by atoms with Crippen LogP contribution in [0.4, 0.5) is 0 Å². The number of benzene rings is 1. The fraction of sp³-hybridized carbons (Fsp3) is 0.429. The fourth-order valence-electron chi connectivity index (χ4n) is 2.93. The van der Waals surface area contributed by atoms with Crippen molar-refractivity contribution >= 4 is 23.5 Å². The Hall–Kier alpha value is -1.55. The molecule has 0 spiro atoms. The number of rotatable bonds is 4. The number of carbonyl (C=O) groups is 2. The van der Waals surface area contributed by atoms with Gasteiger partial charge >= 0.3 is 5.97 Å². The third kappa shape index (κ3) is 1.91. The van der Waals surface area contributed by atoms with Crippen molar-refractivity contribution in [1.29, 1.82) is 0 Å². The number of carboxylic acids is 1. The summed E-state index contributed by atoms with van der Waals surface area (Å²) in [6.45, 7) is 0. The van der Waals surface area contributed by atoms with Crippen molar-refractivity contribution in [3.8, 4) is 0 Å². The van der Waals surface area contributed by atoms with E-state index < -0.39 is 12.0 Å². The maximum Gasteiger partial charge on any atom is 0.330 e. The molecule has 1 aromatic rings. The first kappa shape index (κ1) is 12.5. The number of hydrogen-bond acceptors (Lipinski definition) is 2.